The van der Waals surface area contributed by atoms with E-state index in [1.807, 2.05) is 20.8 Å². The minimum absolute atomic E-state index is 0.0514. The molecule has 0 aliphatic heterocycles. The van der Waals surface area contributed by atoms with Crippen LogP contribution in [0.4, 0.5) is 0 Å². The molecule has 2 rings (SSSR count). The van der Waals surface area contributed by atoms with Gasteiger partial charge in [0.2, 0.25) is 0 Å². The van der Waals surface area contributed by atoms with E-state index < -0.39 is 0 Å². The lowest BCUT2D eigenvalue weighted by Crippen LogP contribution is -1.99. The largest absolute Gasteiger partial charge is 0.392 e. The van der Waals surface area contributed by atoms with Crippen molar-refractivity contribution >= 4 is 11.8 Å². The van der Waals surface area contributed by atoms with E-state index in [0.29, 0.717) is 15.9 Å². The maximum Gasteiger partial charge on any atom is 0.195 e. The highest BCUT2D eigenvalue weighted by Gasteiger charge is 2.07. The predicted octanol–water partition coefficient (Wildman–Crippen LogP) is 1.84. The van der Waals surface area contributed by atoms with Gasteiger partial charge in [0.05, 0.1) is 6.61 Å². The first-order valence-electron chi connectivity index (χ1n) is 5.51. The van der Waals surface area contributed by atoms with Crippen LogP contribution in [0.25, 0.3) is 0 Å². The SMILES string of the molecule is Cc1nc(Sc2ncc(CO)cn2)nc(C)c1C. The van der Waals surface area contributed by atoms with Gasteiger partial charge in [-0.05, 0) is 38.1 Å². The predicted molar refractivity (Wildman–Crippen MR) is 68.3 cm³/mol. The molecule has 0 saturated carbocycles. The van der Waals surface area contributed by atoms with Crippen LogP contribution in [0.3, 0.4) is 0 Å². The highest BCUT2D eigenvalue weighted by atomic mass is 32.2. The van der Waals surface area contributed by atoms with Crippen molar-refractivity contribution in [1.29, 1.82) is 0 Å². The third-order valence-corrected chi connectivity index (χ3v) is 3.42. The molecule has 6 heteroatoms. The summed E-state index contributed by atoms with van der Waals surface area (Å²) in [6, 6.07) is 0. The molecule has 0 aromatic carbocycles. The van der Waals surface area contributed by atoms with Gasteiger partial charge in [0, 0.05) is 29.3 Å². The number of rotatable bonds is 3. The number of hydrogen-bond donors (Lipinski definition) is 1. The van der Waals surface area contributed by atoms with E-state index in [-0.39, 0.29) is 6.61 Å². The second kappa shape index (κ2) is 5.41. The van der Waals surface area contributed by atoms with E-state index in [9.17, 15) is 0 Å². The Hall–Kier alpha value is -1.53. The van der Waals surface area contributed by atoms with Crippen LogP contribution >= 0.6 is 11.8 Å². The fraction of sp³-hybridized carbons (Fsp3) is 0.333. The molecule has 5 nitrogen and oxygen atoms in total. The topological polar surface area (TPSA) is 71.8 Å². The van der Waals surface area contributed by atoms with Gasteiger partial charge in [0.25, 0.3) is 0 Å². The lowest BCUT2D eigenvalue weighted by atomic mass is 10.2. The molecule has 0 aliphatic carbocycles. The van der Waals surface area contributed by atoms with Gasteiger partial charge in [-0.2, -0.15) is 0 Å². The zero-order chi connectivity index (χ0) is 13.1. The number of aliphatic hydroxyl groups excluding tert-OH is 1. The van der Waals surface area contributed by atoms with Gasteiger partial charge in [-0.3, -0.25) is 0 Å². The summed E-state index contributed by atoms with van der Waals surface area (Å²) in [5.41, 5.74) is 3.74. The number of hydrogen-bond acceptors (Lipinski definition) is 6. The molecular weight excluding hydrogens is 248 g/mol. The molecule has 0 radical (unpaired) electrons. The van der Waals surface area contributed by atoms with Crippen LogP contribution < -0.4 is 0 Å². The Bertz CT molecular complexity index is 533. The first kappa shape index (κ1) is 12.9. The fourth-order valence-electron chi connectivity index (χ4n) is 1.35. The van der Waals surface area contributed by atoms with Gasteiger partial charge >= 0.3 is 0 Å². The highest BCUT2D eigenvalue weighted by molar-refractivity contribution is 7.99. The molecule has 0 fully saturated rings. The number of aliphatic hydroxyl groups is 1. The second-order valence-corrected chi connectivity index (χ2v) is 4.87. The summed E-state index contributed by atoms with van der Waals surface area (Å²) in [5, 5.41) is 10.1. The molecule has 1 N–H and O–H groups in total. The Labute approximate surface area is 110 Å². The van der Waals surface area contributed by atoms with Gasteiger partial charge in [-0.1, -0.05) is 0 Å². The Balaban J connectivity index is 2.23. The average molecular weight is 262 g/mol. The van der Waals surface area contributed by atoms with Gasteiger partial charge in [0.15, 0.2) is 10.3 Å². The van der Waals surface area contributed by atoms with E-state index in [1.165, 1.54) is 11.8 Å². The van der Waals surface area contributed by atoms with Crippen LogP contribution in [-0.4, -0.2) is 25.0 Å². The van der Waals surface area contributed by atoms with Gasteiger partial charge in [-0.25, -0.2) is 19.9 Å². The minimum atomic E-state index is -0.0514. The van der Waals surface area contributed by atoms with E-state index in [0.717, 1.165) is 17.0 Å². The van der Waals surface area contributed by atoms with Crippen molar-refractivity contribution in [3.05, 3.63) is 34.9 Å². The van der Waals surface area contributed by atoms with Crippen molar-refractivity contribution in [1.82, 2.24) is 19.9 Å². The summed E-state index contributed by atoms with van der Waals surface area (Å²) in [7, 11) is 0. The highest BCUT2D eigenvalue weighted by Crippen LogP contribution is 2.22. The molecule has 94 valence electrons. The van der Waals surface area contributed by atoms with E-state index in [1.54, 1.807) is 12.4 Å². The van der Waals surface area contributed by atoms with E-state index in [2.05, 4.69) is 19.9 Å². The summed E-state index contributed by atoms with van der Waals surface area (Å²) in [4.78, 5) is 17.1. The molecular formula is C12H14N4OS. The minimum Gasteiger partial charge on any atom is -0.392 e. The zero-order valence-electron chi connectivity index (χ0n) is 10.5. The molecule has 2 aromatic heterocycles. The normalized spacial score (nSPS) is 10.7. The van der Waals surface area contributed by atoms with Crippen LogP contribution in [0.1, 0.15) is 22.5 Å². The fourth-order valence-corrected chi connectivity index (χ4v) is 2.09. The lowest BCUT2D eigenvalue weighted by Gasteiger charge is -2.05. The summed E-state index contributed by atoms with van der Waals surface area (Å²) in [6.45, 7) is 5.88. The molecule has 0 aliphatic rings. The average Bonchev–Trinajstić information content (AvgIpc) is 2.37. The maximum atomic E-state index is 8.91. The third kappa shape index (κ3) is 2.83. The van der Waals surface area contributed by atoms with Crippen molar-refractivity contribution in [2.45, 2.75) is 37.7 Å². The summed E-state index contributed by atoms with van der Waals surface area (Å²) < 4.78 is 0. The molecule has 0 atom stereocenters. The second-order valence-electron chi connectivity index (χ2n) is 3.94. The van der Waals surface area contributed by atoms with Gasteiger partial charge < -0.3 is 5.11 Å². The molecule has 2 aromatic rings. The molecule has 0 unspecified atom stereocenters. The number of nitrogens with zero attached hydrogens (tertiary/aromatic N) is 4. The smallest absolute Gasteiger partial charge is 0.195 e. The maximum absolute atomic E-state index is 8.91. The van der Waals surface area contributed by atoms with Crippen LogP contribution in [0.15, 0.2) is 22.7 Å². The van der Waals surface area contributed by atoms with Crippen LogP contribution in [0, 0.1) is 20.8 Å². The quantitative estimate of drug-likeness (QED) is 0.851. The first-order valence-corrected chi connectivity index (χ1v) is 6.33. The molecule has 18 heavy (non-hydrogen) atoms. The van der Waals surface area contributed by atoms with Crippen molar-refractivity contribution in [2.24, 2.45) is 0 Å². The summed E-state index contributed by atoms with van der Waals surface area (Å²) in [6.07, 6.45) is 3.20. The molecule has 2 heterocycles. The standard InChI is InChI=1S/C12H14N4OS/c1-7-8(2)15-12(16-9(7)3)18-11-13-4-10(6-17)5-14-11/h4-5,17H,6H2,1-3H3. The van der Waals surface area contributed by atoms with Crippen LogP contribution in [0.2, 0.25) is 0 Å². The molecule has 0 saturated heterocycles. The zero-order valence-corrected chi connectivity index (χ0v) is 11.3. The lowest BCUT2D eigenvalue weighted by molar-refractivity contribution is 0.280. The van der Waals surface area contributed by atoms with Crippen LogP contribution in [-0.2, 0) is 6.61 Å². The monoisotopic (exact) mass is 262 g/mol. The summed E-state index contributed by atoms with van der Waals surface area (Å²) in [5.74, 6) is 0. The van der Waals surface area contributed by atoms with E-state index in [4.69, 9.17) is 5.11 Å². The Kier molecular flexibility index (Phi) is 3.88. The van der Waals surface area contributed by atoms with Gasteiger partial charge in [0.1, 0.15) is 0 Å². The van der Waals surface area contributed by atoms with Crippen molar-refractivity contribution < 1.29 is 5.11 Å². The van der Waals surface area contributed by atoms with Crippen molar-refractivity contribution in [2.75, 3.05) is 0 Å². The van der Waals surface area contributed by atoms with Crippen molar-refractivity contribution in [3.63, 3.8) is 0 Å². The number of aryl methyl sites for hydroxylation is 2. The van der Waals surface area contributed by atoms with Gasteiger partial charge in [-0.15, -0.1) is 0 Å². The van der Waals surface area contributed by atoms with Crippen LogP contribution in [0.5, 0.6) is 0 Å². The Morgan fingerprint density at radius 3 is 2.06 bits per heavy atom. The first-order chi connectivity index (χ1) is 8.60. The number of aromatic nitrogens is 4. The summed E-state index contributed by atoms with van der Waals surface area (Å²) >= 11 is 1.32. The molecule has 0 spiro atoms. The molecule has 0 bridgehead atoms. The third-order valence-electron chi connectivity index (χ3n) is 2.66. The Morgan fingerprint density at radius 1 is 1.00 bits per heavy atom. The Morgan fingerprint density at radius 2 is 1.56 bits per heavy atom. The van der Waals surface area contributed by atoms with Crippen molar-refractivity contribution in [3.8, 4) is 0 Å². The molecule has 0 amide bonds. The van der Waals surface area contributed by atoms with E-state index >= 15 is 0 Å².